The van der Waals surface area contributed by atoms with Gasteiger partial charge in [-0.25, -0.2) is 0 Å². The van der Waals surface area contributed by atoms with Gasteiger partial charge >= 0.3 is 8.80 Å². The molecule has 106 valence electrons. The summed E-state index contributed by atoms with van der Waals surface area (Å²) in [6.07, 6.45) is 0. The molecule has 0 radical (unpaired) electrons. The Bertz CT molecular complexity index is 359. The van der Waals surface area contributed by atoms with E-state index >= 15 is 0 Å². The smallest absolute Gasteiger partial charge is 0.452 e. The fourth-order valence-corrected chi connectivity index (χ4v) is 2.37. The fourth-order valence-electron chi connectivity index (χ4n) is 0.789. The van der Waals surface area contributed by atoms with Gasteiger partial charge in [0, 0.05) is 26.5 Å². The summed E-state index contributed by atoms with van der Waals surface area (Å²) >= 11 is 0. The Morgan fingerprint density at radius 1 is 1.05 bits per heavy atom. The van der Waals surface area contributed by atoms with Crippen molar-refractivity contribution in [3.8, 4) is 0 Å². The lowest BCUT2D eigenvalue weighted by molar-refractivity contribution is -0.146. The van der Waals surface area contributed by atoms with E-state index in [4.69, 9.17) is 13.3 Å². The zero-order valence-corrected chi connectivity index (χ0v) is 13.3. The van der Waals surface area contributed by atoms with E-state index in [0.29, 0.717) is 0 Å². The van der Waals surface area contributed by atoms with Crippen LogP contribution in [0.5, 0.6) is 0 Å². The normalized spacial score (nSPS) is 8.84. The van der Waals surface area contributed by atoms with Gasteiger partial charge in [-0.05, 0) is 5.82 Å². The number of carbonyl (C=O) groups is 3. The molecular formula is C11H17O6PSi. The van der Waals surface area contributed by atoms with Gasteiger partial charge in [0.1, 0.15) is 0 Å². The summed E-state index contributed by atoms with van der Waals surface area (Å²) in [6.45, 7) is 9.93. The molecule has 0 saturated carbocycles. The number of hydrogen-bond acceptors (Lipinski definition) is 6. The van der Waals surface area contributed by atoms with E-state index in [0.717, 1.165) is 26.5 Å². The molecule has 0 aliphatic heterocycles. The van der Waals surface area contributed by atoms with Crippen LogP contribution < -0.4 is 0 Å². The Labute approximate surface area is 115 Å². The summed E-state index contributed by atoms with van der Waals surface area (Å²) in [5.74, 6) is -0.475. The number of rotatable bonds is 4. The van der Waals surface area contributed by atoms with Crippen LogP contribution in [-0.2, 0) is 27.7 Å². The average Bonchev–Trinajstić information content (AvgIpc) is 2.26. The number of carbonyl (C=O) groups excluding carboxylic acids is 3. The van der Waals surface area contributed by atoms with Gasteiger partial charge in [0.15, 0.2) is 0 Å². The first-order valence-electron chi connectivity index (χ1n) is 5.01. The van der Waals surface area contributed by atoms with E-state index in [1.54, 1.807) is 5.82 Å². The minimum absolute atomic E-state index is 0.718. The van der Waals surface area contributed by atoms with Gasteiger partial charge in [-0.2, -0.15) is 0 Å². The molecule has 0 rings (SSSR count). The Morgan fingerprint density at radius 3 is 1.42 bits per heavy atom. The van der Waals surface area contributed by atoms with Crippen LogP contribution in [0.4, 0.5) is 0 Å². The Hall–Kier alpha value is -1.68. The molecule has 8 heteroatoms. The van der Waals surface area contributed by atoms with Crippen molar-refractivity contribution in [1.82, 2.24) is 0 Å². The van der Waals surface area contributed by atoms with Crippen LogP contribution in [0, 0.1) is 0 Å². The lowest BCUT2D eigenvalue weighted by Gasteiger charge is -2.22. The molecule has 0 saturated heterocycles. The molecule has 0 aromatic heterocycles. The van der Waals surface area contributed by atoms with Gasteiger partial charge in [-0.15, -0.1) is 15.0 Å². The predicted octanol–water partition coefficient (Wildman–Crippen LogP) is 1.50. The summed E-state index contributed by atoms with van der Waals surface area (Å²) in [7, 11) is -1.39. The molecule has 6 nitrogen and oxygen atoms in total. The van der Waals surface area contributed by atoms with Crippen LogP contribution in [0.3, 0.4) is 0 Å². The van der Waals surface area contributed by atoms with E-state index in [-0.39, 0.29) is 0 Å². The minimum atomic E-state index is -3.74. The molecule has 19 heavy (non-hydrogen) atoms. The summed E-state index contributed by atoms with van der Waals surface area (Å²) in [5.41, 5.74) is 3.56. The topological polar surface area (TPSA) is 78.9 Å². The minimum Gasteiger partial charge on any atom is -0.452 e. The summed E-state index contributed by atoms with van der Waals surface area (Å²) in [6, 6.07) is 0. The third-order valence-corrected chi connectivity index (χ3v) is 3.68. The quantitative estimate of drug-likeness (QED) is 0.445. The fraction of sp³-hybridized carbons (Fsp3) is 0.273. The molecule has 0 heterocycles. The molecule has 0 amide bonds. The molecule has 0 bridgehead atoms. The van der Waals surface area contributed by atoms with Gasteiger partial charge in [0.05, 0.1) is 0 Å². The van der Waals surface area contributed by atoms with Crippen LogP contribution in [0.25, 0.3) is 0 Å². The van der Waals surface area contributed by atoms with Crippen LogP contribution in [0.15, 0.2) is 30.4 Å². The highest BCUT2D eigenvalue weighted by atomic mass is 31.0. The highest BCUT2D eigenvalue weighted by molar-refractivity contribution is 7.20. The monoisotopic (exact) mass is 304 g/mol. The lowest BCUT2D eigenvalue weighted by atomic mass is 10.9. The van der Waals surface area contributed by atoms with Crippen molar-refractivity contribution < 1.29 is 27.7 Å². The van der Waals surface area contributed by atoms with Gasteiger partial charge in [0.25, 0.3) is 17.9 Å². The second-order valence-electron chi connectivity index (χ2n) is 2.96. The lowest BCUT2D eigenvalue weighted by Crippen LogP contribution is -2.47. The van der Waals surface area contributed by atoms with Crippen molar-refractivity contribution in [3.63, 3.8) is 0 Å². The van der Waals surface area contributed by atoms with Crippen molar-refractivity contribution in [2.75, 3.05) is 0 Å². The highest BCUT2D eigenvalue weighted by Gasteiger charge is 2.48. The Kier molecular flexibility index (Phi) is 10.6. The maximum atomic E-state index is 10.8. The maximum Gasteiger partial charge on any atom is 0.734 e. The van der Waals surface area contributed by atoms with E-state index in [1.807, 2.05) is 0 Å². The van der Waals surface area contributed by atoms with E-state index in [9.17, 15) is 14.4 Å². The first-order chi connectivity index (χ1) is 8.72. The molecule has 0 aliphatic rings. The third-order valence-electron chi connectivity index (χ3n) is 1.23. The van der Waals surface area contributed by atoms with E-state index in [1.165, 1.54) is 0 Å². The van der Waals surface area contributed by atoms with Gasteiger partial charge < -0.3 is 13.3 Å². The van der Waals surface area contributed by atoms with E-state index in [2.05, 4.69) is 28.1 Å². The third kappa shape index (κ3) is 11.2. The molecule has 0 aliphatic carbocycles. The second-order valence-corrected chi connectivity index (χ2v) is 5.52. The second kappa shape index (κ2) is 10.3. The molecule has 0 N–H and O–H groups in total. The largest absolute Gasteiger partial charge is 0.734 e. The van der Waals surface area contributed by atoms with Crippen LogP contribution in [0.2, 0.25) is 0 Å². The van der Waals surface area contributed by atoms with Gasteiger partial charge in [-0.1, -0.05) is 13.2 Å². The zero-order chi connectivity index (χ0) is 15.5. The van der Waals surface area contributed by atoms with Crippen molar-refractivity contribution in [1.29, 1.82) is 0 Å². The summed E-state index contributed by atoms with van der Waals surface area (Å²) in [4.78, 5) is 32.3. The standard InChI is InChI=1S/C8H12O6Si.C3H5P/c1-5-15(12-6(2)9,13-7(3)10)14-8(4)11;1-2-3-4/h5H,1H2,2-4H3;3H,1,4H2. The van der Waals surface area contributed by atoms with Crippen LogP contribution in [-0.4, -0.2) is 26.7 Å². The molecule has 0 spiro atoms. The number of hydrogen-bond donors (Lipinski definition) is 0. The molecule has 1 atom stereocenters. The van der Waals surface area contributed by atoms with Gasteiger partial charge in [-0.3, -0.25) is 14.4 Å². The van der Waals surface area contributed by atoms with Crippen LogP contribution in [0.1, 0.15) is 20.8 Å². The Balaban J connectivity index is 0. The maximum absolute atomic E-state index is 10.8. The Morgan fingerprint density at radius 2 is 1.32 bits per heavy atom. The summed E-state index contributed by atoms with van der Waals surface area (Å²) in [5, 5.41) is 0. The average molecular weight is 304 g/mol. The van der Waals surface area contributed by atoms with E-state index < -0.39 is 26.7 Å². The SMILES string of the molecule is C=C=CP.C=C[Si](OC(C)=O)(OC(C)=O)OC(C)=O. The van der Waals surface area contributed by atoms with Crippen LogP contribution >= 0.6 is 9.24 Å². The zero-order valence-electron chi connectivity index (χ0n) is 11.1. The first-order valence-corrected chi connectivity index (χ1v) is 7.48. The molecule has 0 aromatic rings. The first kappa shape index (κ1) is 19.7. The molecular weight excluding hydrogens is 287 g/mol. The predicted molar refractivity (Wildman–Crippen MR) is 74.7 cm³/mol. The highest BCUT2D eigenvalue weighted by Crippen LogP contribution is 2.12. The van der Waals surface area contributed by atoms with Crippen molar-refractivity contribution in [3.05, 3.63) is 30.4 Å². The molecule has 1 unspecified atom stereocenters. The van der Waals surface area contributed by atoms with Crippen molar-refractivity contribution in [2.24, 2.45) is 0 Å². The van der Waals surface area contributed by atoms with Gasteiger partial charge in [0.2, 0.25) is 0 Å². The summed E-state index contributed by atoms with van der Waals surface area (Å²) < 4.78 is 14.1. The molecule has 0 aromatic carbocycles. The molecule has 0 fully saturated rings. The van der Waals surface area contributed by atoms with Crippen molar-refractivity contribution >= 4 is 36.0 Å². The van der Waals surface area contributed by atoms with Crippen molar-refractivity contribution in [2.45, 2.75) is 20.8 Å².